The van der Waals surface area contributed by atoms with Crippen LogP contribution in [0.3, 0.4) is 0 Å². The number of amides is 1. The SMILES string of the molecule is O=C(Cn1nc(-c2ccc(F)cc2)ccc1=O)NC[C@@H]1CCCO1. The van der Waals surface area contributed by atoms with Crippen molar-refractivity contribution in [1.82, 2.24) is 15.1 Å². The van der Waals surface area contributed by atoms with E-state index in [0.717, 1.165) is 24.1 Å². The molecule has 3 rings (SSSR count). The third-order valence-electron chi connectivity index (χ3n) is 3.85. The van der Waals surface area contributed by atoms with Crippen LogP contribution in [0.2, 0.25) is 0 Å². The number of hydrogen-bond donors (Lipinski definition) is 1. The molecule has 1 atom stereocenters. The van der Waals surface area contributed by atoms with Crippen molar-refractivity contribution >= 4 is 5.91 Å². The second-order valence-corrected chi connectivity index (χ2v) is 5.66. The van der Waals surface area contributed by atoms with Gasteiger partial charge in [-0.2, -0.15) is 5.10 Å². The average molecular weight is 331 g/mol. The Labute approximate surface area is 138 Å². The number of nitrogens with zero attached hydrogens (tertiary/aromatic N) is 2. The number of aromatic nitrogens is 2. The number of rotatable bonds is 5. The van der Waals surface area contributed by atoms with E-state index in [4.69, 9.17) is 4.74 Å². The first-order valence-corrected chi connectivity index (χ1v) is 7.84. The monoisotopic (exact) mass is 331 g/mol. The van der Waals surface area contributed by atoms with E-state index in [1.807, 2.05) is 0 Å². The van der Waals surface area contributed by atoms with Crippen molar-refractivity contribution in [3.8, 4) is 11.3 Å². The van der Waals surface area contributed by atoms with Crippen molar-refractivity contribution < 1.29 is 13.9 Å². The summed E-state index contributed by atoms with van der Waals surface area (Å²) in [6.07, 6.45) is 1.98. The summed E-state index contributed by atoms with van der Waals surface area (Å²) in [7, 11) is 0. The third kappa shape index (κ3) is 4.05. The van der Waals surface area contributed by atoms with Crippen LogP contribution in [-0.4, -0.2) is 34.9 Å². The number of benzene rings is 1. The lowest BCUT2D eigenvalue weighted by atomic mass is 10.1. The Morgan fingerprint density at radius 3 is 2.79 bits per heavy atom. The average Bonchev–Trinajstić information content (AvgIpc) is 3.09. The third-order valence-corrected chi connectivity index (χ3v) is 3.85. The molecule has 0 aliphatic carbocycles. The van der Waals surface area contributed by atoms with Gasteiger partial charge in [0.25, 0.3) is 5.56 Å². The quantitative estimate of drug-likeness (QED) is 0.897. The molecule has 1 fully saturated rings. The van der Waals surface area contributed by atoms with E-state index in [9.17, 15) is 14.0 Å². The van der Waals surface area contributed by atoms with Crippen LogP contribution >= 0.6 is 0 Å². The molecule has 0 unspecified atom stereocenters. The van der Waals surface area contributed by atoms with Crippen LogP contribution < -0.4 is 10.9 Å². The maximum Gasteiger partial charge on any atom is 0.267 e. The Kier molecular flexibility index (Phi) is 5.00. The molecule has 0 spiro atoms. The van der Waals surface area contributed by atoms with Crippen LogP contribution in [-0.2, 0) is 16.1 Å². The minimum absolute atomic E-state index is 0.0455. The van der Waals surface area contributed by atoms with Crippen molar-refractivity contribution in [3.05, 3.63) is 52.6 Å². The molecular formula is C17H18FN3O3. The second kappa shape index (κ2) is 7.35. The minimum atomic E-state index is -0.367. The number of halogens is 1. The predicted octanol–water partition coefficient (Wildman–Crippen LogP) is 1.34. The van der Waals surface area contributed by atoms with E-state index in [-0.39, 0.29) is 29.9 Å². The molecule has 1 N–H and O–H groups in total. The van der Waals surface area contributed by atoms with E-state index in [1.54, 1.807) is 18.2 Å². The Bertz CT molecular complexity index is 767. The van der Waals surface area contributed by atoms with Crippen LogP contribution in [0.15, 0.2) is 41.2 Å². The summed E-state index contributed by atoms with van der Waals surface area (Å²) in [4.78, 5) is 23.9. The van der Waals surface area contributed by atoms with Gasteiger partial charge < -0.3 is 10.1 Å². The second-order valence-electron chi connectivity index (χ2n) is 5.66. The van der Waals surface area contributed by atoms with E-state index < -0.39 is 0 Å². The number of carbonyl (C=O) groups excluding carboxylic acids is 1. The van der Waals surface area contributed by atoms with Gasteiger partial charge in [-0.25, -0.2) is 9.07 Å². The molecule has 1 aromatic carbocycles. The number of carbonyl (C=O) groups is 1. The van der Waals surface area contributed by atoms with Gasteiger partial charge >= 0.3 is 0 Å². The lowest BCUT2D eigenvalue weighted by Crippen LogP contribution is -2.37. The lowest BCUT2D eigenvalue weighted by molar-refractivity contribution is -0.122. The minimum Gasteiger partial charge on any atom is -0.376 e. The van der Waals surface area contributed by atoms with E-state index >= 15 is 0 Å². The molecule has 6 nitrogen and oxygen atoms in total. The van der Waals surface area contributed by atoms with Gasteiger partial charge in [0.1, 0.15) is 12.4 Å². The summed E-state index contributed by atoms with van der Waals surface area (Å²) in [5.41, 5.74) is 0.805. The smallest absolute Gasteiger partial charge is 0.267 e. The van der Waals surface area contributed by atoms with E-state index in [0.29, 0.717) is 17.8 Å². The summed E-state index contributed by atoms with van der Waals surface area (Å²) in [5.74, 6) is -0.642. The summed E-state index contributed by atoms with van der Waals surface area (Å²) in [6, 6.07) is 8.69. The zero-order valence-corrected chi connectivity index (χ0v) is 13.1. The summed E-state index contributed by atoms with van der Waals surface area (Å²) in [6.45, 7) is 0.993. The standard InChI is InChI=1S/C17H18FN3O3/c18-13-5-3-12(4-6-13)15-7-8-17(23)21(20-15)11-16(22)19-10-14-2-1-9-24-14/h3-8,14H,1-2,9-11H2,(H,19,22)/t14-/m0/s1. The Morgan fingerprint density at radius 2 is 2.08 bits per heavy atom. The highest BCUT2D eigenvalue weighted by Crippen LogP contribution is 2.15. The summed E-state index contributed by atoms with van der Waals surface area (Å²) >= 11 is 0. The molecule has 1 aliphatic heterocycles. The van der Waals surface area contributed by atoms with Gasteiger partial charge in [-0.1, -0.05) is 0 Å². The zero-order chi connectivity index (χ0) is 16.9. The molecule has 2 aromatic rings. The molecule has 1 aromatic heterocycles. The highest BCUT2D eigenvalue weighted by atomic mass is 19.1. The lowest BCUT2D eigenvalue weighted by Gasteiger charge is -2.11. The Hall–Kier alpha value is -2.54. The largest absolute Gasteiger partial charge is 0.376 e. The molecule has 1 amide bonds. The van der Waals surface area contributed by atoms with Crippen molar-refractivity contribution in [2.45, 2.75) is 25.5 Å². The van der Waals surface area contributed by atoms with Gasteiger partial charge in [0.15, 0.2) is 0 Å². The first kappa shape index (κ1) is 16.3. The molecule has 0 radical (unpaired) electrons. The maximum atomic E-state index is 13.0. The van der Waals surface area contributed by atoms with Crippen molar-refractivity contribution in [2.75, 3.05) is 13.2 Å². The molecule has 24 heavy (non-hydrogen) atoms. The normalized spacial score (nSPS) is 17.0. The predicted molar refractivity (Wildman–Crippen MR) is 85.9 cm³/mol. The molecule has 1 aliphatic rings. The van der Waals surface area contributed by atoms with Gasteiger partial charge in [0.05, 0.1) is 11.8 Å². The van der Waals surface area contributed by atoms with E-state index in [2.05, 4.69) is 10.4 Å². The number of ether oxygens (including phenoxy) is 1. The first-order chi connectivity index (χ1) is 11.6. The molecule has 7 heteroatoms. The van der Waals surface area contributed by atoms with E-state index in [1.165, 1.54) is 18.2 Å². The highest BCUT2D eigenvalue weighted by Gasteiger charge is 2.16. The fourth-order valence-electron chi connectivity index (χ4n) is 2.56. The van der Waals surface area contributed by atoms with Gasteiger partial charge in [-0.3, -0.25) is 9.59 Å². The number of nitrogens with one attached hydrogen (secondary N) is 1. The van der Waals surface area contributed by atoms with Gasteiger partial charge in [0, 0.05) is 24.8 Å². The molecule has 1 saturated heterocycles. The molecular weight excluding hydrogens is 313 g/mol. The van der Waals surface area contributed by atoms with Crippen LogP contribution in [0.1, 0.15) is 12.8 Å². The number of hydrogen-bond acceptors (Lipinski definition) is 4. The maximum absolute atomic E-state index is 13.0. The summed E-state index contributed by atoms with van der Waals surface area (Å²) < 4.78 is 19.5. The summed E-state index contributed by atoms with van der Waals surface area (Å²) in [5, 5.41) is 6.94. The zero-order valence-electron chi connectivity index (χ0n) is 13.1. The van der Waals surface area contributed by atoms with Gasteiger partial charge in [-0.15, -0.1) is 0 Å². The Balaban J connectivity index is 1.68. The van der Waals surface area contributed by atoms with Crippen molar-refractivity contribution in [2.24, 2.45) is 0 Å². The topological polar surface area (TPSA) is 73.2 Å². The van der Waals surface area contributed by atoms with Gasteiger partial charge in [-0.05, 0) is 43.2 Å². The van der Waals surface area contributed by atoms with Crippen molar-refractivity contribution in [1.29, 1.82) is 0 Å². The van der Waals surface area contributed by atoms with Crippen LogP contribution in [0.4, 0.5) is 4.39 Å². The molecule has 2 heterocycles. The fraction of sp³-hybridized carbons (Fsp3) is 0.353. The van der Waals surface area contributed by atoms with Crippen LogP contribution in [0.25, 0.3) is 11.3 Å². The van der Waals surface area contributed by atoms with Crippen LogP contribution in [0.5, 0.6) is 0 Å². The molecule has 126 valence electrons. The van der Waals surface area contributed by atoms with Gasteiger partial charge in [0.2, 0.25) is 5.91 Å². The Morgan fingerprint density at radius 1 is 1.29 bits per heavy atom. The van der Waals surface area contributed by atoms with Crippen LogP contribution in [0, 0.1) is 5.82 Å². The molecule has 0 bridgehead atoms. The first-order valence-electron chi connectivity index (χ1n) is 7.84. The van der Waals surface area contributed by atoms with Crippen molar-refractivity contribution in [3.63, 3.8) is 0 Å². The fourth-order valence-corrected chi connectivity index (χ4v) is 2.56. The highest BCUT2D eigenvalue weighted by molar-refractivity contribution is 5.75. The molecule has 0 saturated carbocycles.